The van der Waals surface area contributed by atoms with Gasteiger partial charge < -0.3 is 11.2 Å². The van der Waals surface area contributed by atoms with Gasteiger partial charge in [-0.2, -0.15) is 5.10 Å². The van der Waals surface area contributed by atoms with Crippen LogP contribution >= 0.6 is 23.4 Å². The second-order valence-corrected chi connectivity index (χ2v) is 7.43. The molecule has 0 unspecified atom stereocenters. The maximum Gasteiger partial charge on any atom is 0.236 e. The third-order valence-electron chi connectivity index (χ3n) is 3.95. The number of benzene rings is 1. The van der Waals surface area contributed by atoms with E-state index < -0.39 is 0 Å². The molecule has 0 aliphatic heterocycles. The van der Waals surface area contributed by atoms with E-state index in [9.17, 15) is 9.18 Å². The van der Waals surface area contributed by atoms with E-state index in [2.05, 4.69) is 30.7 Å². The van der Waals surface area contributed by atoms with E-state index in [0.29, 0.717) is 33.2 Å². The minimum absolute atomic E-state index is 0.0590. The second-order valence-electron chi connectivity index (χ2n) is 6.05. The Bertz CT molecular complexity index is 1180. The van der Waals surface area contributed by atoms with Crippen LogP contribution < -0.4 is 11.2 Å². The highest BCUT2D eigenvalue weighted by molar-refractivity contribution is 7.99. The summed E-state index contributed by atoms with van der Waals surface area (Å²) in [6.45, 7) is 0. The van der Waals surface area contributed by atoms with E-state index in [0.717, 1.165) is 17.3 Å². The van der Waals surface area contributed by atoms with Crippen LogP contribution in [0.2, 0.25) is 5.02 Å². The first-order chi connectivity index (χ1) is 14.5. The standard InChI is InChI=1S/C18H14ClFN8OS/c19-11-3-6-15(22-8-11)23-16(29)9-30-18-27-26-17(28(18)21)14-7-13(24-25-14)10-1-4-12(20)5-2-10/h1-8H,9,21H2,(H,24,25)(H,22,23,29). The van der Waals surface area contributed by atoms with Crippen LogP contribution in [0.15, 0.2) is 53.8 Å². The molecule has 1 amide bonds. The molecule has 0 saturated heterocycles. The molecule has 3 aromatic heterocycles. The van der Waals surface area contributed by atoms with Crippen molar-refractivity contribution < 1.29 is 9.18 Å². The number of nitrogen functional groups attached to an aromatic ring is 1. The Labute approximate surface area is 178 Å². The van der Waals surface area contributed by atoms with E-state index in [1.807, 2.05) is 0 Å². The molecule has 0 aliphatic rings. The van der Waals surface area contributed by atoms with Gasteiger partial charge in [-0.3, -0.25) is 9.89 Å². The van der Waals surface area contributed by atoms with Crippen LogP contribution in [0.25, 0.3) is 22.8 Å². The van der Waals surface area contributed by atoms with Crippen molar-refractivity contribution in [2.45, 2.75) is 5.16 Å². The van der Waals surface area contributed by atoms with Crippen LogP contribution in [0.3, 0.4) is 0 Å². The predicted octanol–water partition coefficient (Wildman–Crippen LogP) is 2.97. The van der Waals surface area contributed by atoms with Gasteiger partial charge in [0.25, 0.3) is 0 Å². The number of thioether (sulfide) groups is 1. The zero-order chi connectivity index (χ0) is 21.1. The van der Waals surface area contributed by atoms with Crippen LogP contribution in [0.4, 0.5) is 10.2 Å². The number of halogens is 2. The molecule has 1 aromatic carbocycles. The molecule has 152 valence electrons. The number of anilines is 1. The van der Waals surface area contributed by atoms with Crippen molar-refractivity contribution in [1.82, 2.24) is 30.1 Å². The third-order valence-corrected chi connectivity index (χ3v) is 5.12. The first kappa shape index (κ1) is 19.9. The maximum absolute atomic E-state index is 13.1. The largest absolute Gasteiger partial charge is 0.335 e. The normalized spacial score (nSPS) is 10.9. The zero-order valence-corrected chi connectivity index (χ0v) is 16.8. The molecule has 9 nitrogen and oxygen atoms in total. The molecule has 0 atom stereocenters. The lowest BCUT2D eigenvalue weighted by Crippen LogP contribution is -2.17. The number of rotatable bonds is 6. The summed E-state index contributed by atoms with van der Waals surface area (Å²) in [5.74, 6) is 6.27. The van der Waals surface area contributed by atoms with Gasteiger partial charge in [0.15, 0.2) is 0 Å². The highest BCUT2D eigenvalue weighted by Gasteiger charge is 2.16. The molecule has 0 radical (unpaired) electrons. The molecular weight excluding hydrogens is 431 g/mol. The summed E-state index contributed by atoms with van der Waals surface area (Å²) in [6, 6.07) is 10.9. The average Bonchev–Trinajstić information content (AvgIpc) is 3.35. The number of nitrogens with two attached hydrogens (primary N) is 1. The predicted molar refractivity (Wildman–Crippen MR) is 112 cm³/mol. The van der Waals surface area contributed by atoms with Gasteiger partial charge in [-0.15, -0.1) is 10.2 Å². The smallest absolute Gasteiger partial charge is 0.236 e. The Hall–Kier alpha value is -3.44. The van der Waals surface area contributed by atoms with Gasteiger partial charge >= 0.3 is 0 Å². The van der Waals surface area contributed by atoms with Crippen molar-refractivity contribution in [2.75, 3.05) is 16.9 Å². The first-order valence-electron chi connectivity index (χ1n) is 8.56. The topological polar surface area (TPSA) is 127 Å². The minimum atomic E-state index is -0.325. The summed E-state index contributed by atoms with van der Waals surface area (Å²) in [6.07, 6.45) is 1.44. The highest BCUT2D eigenvalue weighted by Crippen LogP contribution is 2.24. The molecule has 0 bridgehead atoms. The fourth-order valence-electron chi connectivity index (χ4n) is 2.52. The Kier molecular flexibility index (Phi) is 5.63. The van der Waals surface area contributed by atoms with Crippen LogP contribution in [-0.4, -0.2) is 41.7 Å². The number of carbonyl (C=O) groups is 1. The molecule has 12 heteroatoms. The van der Waals surface area contributed by atoms with Gasteiger partial charge in [0, 0.05) is 11.8 Å². The molecule has 0 fully saturated rings. The molecule has 0 aliphatic carbocycles. The summed E-state index contributed by atoms with van der Waals surface area (Å²) in [5, 5.41) is 18.6. The van der Waals surface area contributed by atoms with Crippen LogP contribution in [-0.2, 0) is 4.79 Å². The van der Waals surface area contributed by atoms with E-state index in [1.54, 1.807) is 30.3 Å². The summed E-state index contributed by atoms with van der Waals surface area (Å²) in [7, 11) is 0. The number of aromatic nitrogens is 6. The molecular formula is C18H14ClFN8OS. The van der Waals surface area contributed by atoms with Gasteiger partial charge in [0.05, 0.1) is 16.5 Å². The maximum atomic E-state index is 13.1. The molecule has 4 rings (SSSR count). The molecule has 4 N–H and O–H groups in total. The second kappa shape index (κ2) is 8.51. The van der Waals surface area contributed by atoms with Crippen molar-refractivity contribution in [2.24, 2.45) is 0 Å². The average molecular weight is 445 g/mol. The van der Waals surface area contributed by atoms with Crippen LogP contribution in [0, 0.1) is 5.82 Å². The Morgan fingerprint density at radius 3 is 2.77 bits per heavy atom. The van der Waals surface area contributed by atoms with Gasteiger partial charge in [0.1, 0.15) is 17.3 Å². The number of aromatic amines is 1. The monoisotopic (exact) mass is 444 g/mol. The molecule has 4 aromatic rings. The quantitative estimate of drug-likeness (QED) is 0.308. The fourth-order valence-corrected chi connectivity index (χ4v) is 3.29. The number of hydrogen-bond acceptors (Lipinski definition) is 7. The van der Waals surface area contributed by atoms with Crippen molar-refractivity contribution in [3.8, 4) is 22.8 Å². The number of hydrogen-bond donors (Lipinski definition) is 3. The van der Waals surface area contributed by atoms with Crippen LogP contribution in [0.5, 0.6) is 0 Å². The molecule has 0 spiro atoms. The zero-order valence-electron chi connectivity index (χ0n) is 15.2. The van der Waals surface area contributed by atoms with Gasteiger partial charge in [-0.1, -0.05) is 23.4 Å². The lowest BCUT2D eigenvalue weighted by atomic mass is 10.1. The SMILES string of the molecule is Nn1c(SCC(=O)Nc2ccc(Cl)cn2)nnc1-c1cc(-c2ccc(F)cc2)n[nH]1. The van der Waals surface area contributed by atoms with Crippen molar-refractivity contribution >= 4 is 35.1 Å². The van der Waals surface area contributed by atoms with E-state index >= 15 is 0 Å². The molecule has 3 heterocycles. The van der Waals surface area contributed by atoms with Crippen molar-refractivity contribution in [1.29, 1.82) is 0 Å². The van der Waals surface area contributed by atoms with Crippen molar-refractivity contribution in [3.63, 3.8) is 0 Å². The molecule has 30 heavy (non-hydrogen) atoms. The van der Waals surface area contributed by atoms with E-state index in [4.69, 9.17) is 17.4 Å². The van der Waals surface area contributed by atoms with E-state index in [-0.39, 0.29) is 17.5 Å². The number of carbonyl (C=O) groups excluding carboxylic acids is 1. The highest BCUT2D eigenvalue weighted by atomic mass is 35.5. The lowest BCUT2D eigenvalue weighted by Gasteiger charge is -2.04. The van der Waals surface area contributed by atoms with Crippen LogP contribution in [0.1, 0.15) is 0 Å². The van der Waals surface area contributed by atoms with Gasteiger partial charge in [0.2, 0.25) is 16.9 Å². The number of nitrogens with zero attached hydrogens (tertiary/aromatic N) is 5. The summed E-state index contributed by atoms with van der Waals surface area (Å²) in [5.41, 5.74) is 1.88. The van der Waals surface area contributed by atoms with E-state index in [1.165, 1.54) is 23.0 Å². The molecule has 0 saturated carbocycles. The number of nitrogens with one attached hydrogen (secondary N) is 2. The fraction of sp³-hybridized carbons (Fsp3) is 0.0556. The summed E-state index contributed by atoms with van der Waals surface area (Å²) < 4.78 is 14.4. The Morgan fingerprint density at radius 1 is 1.23 bits per heavy atom. The summed E-state index contributed by atoms with van der Waals surface area (Å²) in [4.78, 5) is 16.1. The summed E-state index contributed by atoms with van der Waals surface area (Å²) >= 11 is 6.89. The number of pyridine rings is 1. The number of amides is 1. The Balaban J connectivity index is 1.42. The lowest BCUT2D eigenvalue weighted by molar-refractivity contribution is -0.113. The Morgan fingerprint density at radius 2 is 2.03 bits per heavy atom. The first-order valence-corrected chi connectivity index (χ1v) is 9.92. The van der Waals surface area contributed by atoms with Gasteiger partial charge in [-0.25, -0.2) is 14.1 Å². The minimum Gasteiger partial charge on any atom is -0.335 e. The third kappa shape index (κ3) is 4.42. The van der Waals surface area contributed by atoms with Crippen molar-refractivity contribution in [3.05, 3.63) is 59.5 Å². The van der Waals surface area contributed by atoms with Gasteiger partial charge in [-0.05, 0) is 42.5 Å². The number of H-pyrrole nitrogens is 1.